The molecule has 0 amide bonds. The normalized spacial score (nSPS) is 12.4. The molecule has 0 spiro atoms. The molecule has 1 N–H and O–H groups in total. The van der Waals surface area contributed by atoms with Crippen LogP contribution in [0.25, 0.3) is 0 Å². The predicted molar refractivity (Wildman–Crippen MR) is 103 cm³/mol. The van der Waals surface area contributed by atoms with E-state index in [-0.39, 0.29) is 6.04 Å². The monoisotopic (exact) mass is 457 g/mol. The highest BCUT2D eigenvalue weighted by Gasteiger charge is 2.16. The maximum absolute atomic E-state index is 3.69. The van der Waals surface area contributed by atoms with Gasteiger partial charge in [0.2, 0.25) is 0 Å². The van der Waals surface area contributed by atoms with E-state index >= 15 is 0 Å². The Labute approximate surface area is 149 Å². The first kappa shape index (κ1) is 17.0. The molecule has 0 aliphatic carbocycles. The zero-order chi connectivity index (χ0) is 15.2. The number of halogens is 2. The molecule has 0 heterocycles. The maximum atomic E-state index is 3.69. The van der Waals surface area contributed by atoms with Gasteiger partial charge in [-0.1, -0.05) is 60.5 Å². The van der Waals surface area contributed by atoms with Crippen molar-refractivity contribution in [1.82, 2.24) is 5.32 Å². The van der Waals surface area contributed by atoms with Gasteiger partial charge in [0.05, 0.1) is 6.04 Å². The fourth-order valence-corrected chi connectivity index (χ4v) is 3.50. The first-order chi connectivity index (χ1) is 10.2. The van der Waals surface area contributed by atoms with E-state index in [4.69, 9.17) is 0 Å². The molecule has 0 aliphatic heterocycles. The molecule has 3 heteroatoms. The minimum atomic E-state index is 0.231. The van der Waals surface area contributed by atoms with Crippen LogP contribution in [0.1, 0.15) is 43.0 Å². The zero-order valence-corrected chi connectivity index (χ0v) is 16.2. The lowest BCUT2D eigenvalue weighted by atomic mass is 9.97. The summed E-state index contributed by atoms with van der Waals surface area (Å²) in [7, 11) is 0. The van der Waals surface area contributed by atoms with Gasteiger partial charge in [-0.15, -0.1) is 0 Å². The number of aryl methyl sites for hydroxylation is 1. The summed E-state index contributed by atoms with van der Waals surface area (Å²) in [6.07, 6.45) is 2.34. The molecule has 0 radical (unpaired) electrons. The van der Waals surface area contributed by atoms with Crippen LogP contribution in [0.3, 0.4) is 0 Å². The Morgan fingerprint density at radius 2 is 1.81 bits per heavy atom. The summed E-state index contributed by atoms with van der Waals surface area (Å²) in [5, 5.41) is 3.60. The van der Waals surface area contributed by atoms with Crippen molar-refractivity contribution in [3.8, 4) is 0 Å². The summed E-state index contributed by atoms with van der Waals surface area (Å²) in [5.41, 5.74) is 4.03. The average Bonchev–Trinajstić information content (AvgIpc) is 2.49. The number of benzene rings is 2. The van der Waals surface area contributed by atoms with E-state index < -0.39 is 0 Å². The molecule has 1 unspecified atom stereocenters. The van der Waals surface area contributed by atoms with Crippen molar-refractivity contribution in [3.63, 3.8) is 0 Å². The third kappa shape index (κ3) is 4.54. The SMILES string of the molecule is CCCc1ccc(C(NCC)c2cc(I)ccc2Br)cc1. The van der Waals surface area contributed by atoms with E-state index in [1.165, 1.54) is 26.7 Å². The Morgan fingerprint density at radius 1 is 1.10 bits per heavy atom. The minimum Gasteiger partial charge on any atom is -0.306 e. The second-order valence-corrected chi connectivity index (χ2v) is 7.25. The summed E-state index contributed by atoms with van der Waals surface area (Å²) >= 11 is 6.07. The van der Waals surface area contributed by atoms with Gasteiger partial charge in [-0.25, -0.2) is 0 Å². The fraction of sp³-hybridized carbons (Fsp3) is 0.333. The highest BCUT2D eigenvalue weighted by Crippen LogP contribution is 2.30. The first-order valence-corrected chi connectivity index (χ1v) is 9.30. The lowest BCUT2D eigenvalue weighted by molar-refractivity contribution is 0.628. The minimum absolute atomic E-state index is 0.231. The van der Waals surface area contributed by atoms with Crippen LogP contribution in [0, 0.1) is 3.57 Å². The van der Waals surface area contributed by atoms with Crippen molar-refractivity contribution in [2.24, 2.45) is 0 Å². The van der Waals surface area contributed by atoms with Crippen molar-refractivity contribution < 1.29 is 0 Å². The lowest BCUT2D eigenvalue weighted by Gasteiger charge is -2.21. The summed E-state index contributed by atoms with van der Waals surface area (Å²) in [5.74, 6) is 0. The third-order valence-electron chi connectivity index (χ3n) is 3.53. The van der Waals surface area contributed by atoms with Gasteiger partial charge in [0.15, 0.2) is 0 Å². The molecular formula is C18H21BrIN. The lowest BCUT2D eigenvalue weighted by Crippen LogP contribution is -2.22. The van der Waals surface area contributed by atoms with Crippen LogP contribution < -0.4 is 5.32 Å². The van der Waals surface area contributed by atoms with Gasteiger partial charge in [-0.05, 0) is 70.4 Å². The molecule has 2 aromatic carbocycles. The molecule has 2 rings (SSSR count). The molecule has 21 heavy (non-hydrogen) atoms. The molecule has 2 aromatic rings. The molecule has 0 saturated carbocycles. The number of hydrogen-bond donors (Lipinski definition) is 1. The highest BCUT2D eigenvalue weighted by molar-refractivity contribution is 14.1. The van der Waals surface area contributed by atoms with Gasteiger partial charge in [0.25, 0.3) is 0 Å². The molecular weight excluding hydrogens is 437 g/mol. The van der Waals surface area contributed by atoms with E-state index in [0.29, 0.717) is 0 Å². The molecule has 0 bridgehead atoms. The quantitative estimate of drug-likeness (QED) is 0.548. The molecule has 0 fully saturated rings. The van der Waals surface area contributed by atoms with Crippen LogP contribution in [0.2, 0.25) is 0 Å². The summed E-state index contributed by atoms with van der Waals surface area (Å²) in [6.45, 7) is 5.32. The van der Waals surface area contributed by atoms with Gasteiger partial charge >= 0.3 is 0 Å². The molecule has 1 atom stereocenters. The van der Waals surface area contributed by atoms with Crippen molar-refractivity contribution in [2.45, 2.75) is 32.7 Å². The Kier molecular flexibility index (Phi) is 6.71. The van der Waals surface area contributed by atoms with Gasteiger partial charge in [-0.2, -0.15) is 0 Å². The highest BCUT2D eigenvalue weighted by atomic mass is 127. The van der Waals surface area contributed by atoms with Crippen molar-refractivity contribution in [3.05, 3.63) is 67.2 Å². The molecule has 0 aliphatic rings. The largest absolute Gasteiger partial charge is 0.306 e. The van der Waals surface area contributed by atoms with Crippen LogP contribution in [0.4, 0.5) is 0 Å². The van der Waals surface area contributed by atoms with Crippen molar-refractivity contribution in [1.29, 1.82) is 0 Å². The number of nitrogens with one attached hydrogen (secondary N) is 1. The molecule has 1 nitrogen and oxygen atoms in total. The molecule has 112 valence electrons. The molecule has 0 saturated heterocycles. The topological polar surface area (TPSA) is 12.0 Å². The summed E-state index contributed by atoms with van der Waals surface area (Å²) < 4.78 is 2.42. The first-order valence-electron chi connectivity index (χ1n) is 7.42. The Morgan fingerprint density at radius 3 is 2.43 bits per heavy atom. The fourth-order valence-electron chi connectivity index (χ4n) is 2.51. The molecule has 0 aromatic heterocycles. The van der Waals surface area contributed by atoms with Crippen molar-refractivity contribution in [2.75, 3.05) is 6.54 Å². The van der Waals surface area contributed by atoms with Gasteiger partial charge < -0.3 is 5.32 Å². The van der Waals surface area contributed by atoms with Gasteiger partial charge in [0, 0.05) is 8.04 Å². The Balaban J connectivity index is 2.35. The summed E-state index contributed by atoms with van der Waals surface area (Å²) in [6, 6.07) is 15.8. The number of hydrogen-bond acceptors (Lipinski definition) is 1. The summed E-state index contributed by atoms with van der Waals surface area (Å²) in [4.78, 5) is 0. The zero-order valence-electron chi connectivity index (χ0n) is 12.5. The number of rotatable bonds is 6. The Hall–Kier alpha value is -0.390. The van der Waals surface area contributed by atoms with Crippen molar-refractivity contribution >= 4 is 38.5 Å². The van der Waals surface area contributed by atoms with Crippen LogP contribution in [0.15, 0.2) is 46.9 Å². The Bertz CT molecular complexity index is 580. The second kappa shape index (κ2) is 8.30. The second-order valence-electron chi connectivity index (χ2n) is 5.15. The van der Waals surface area contributed by atoms with Gasteiger partial charge in [-0.3, -0.25) is 0 Å². The standard InChI is InChI=1S/C18H21BrIN/c1-3-5-13-6-8-14(9-7-13)18(21-4-2)16-12-15(20)10-11-17(16)19/h6-12,18,21H,3-5H2,1-2H3. The predicted octanol–water partition coefficient (Wildman–Crippen LogP) is 5.71. The van der Waals surface area contributed by atoms with Crippen LogP contribution >= 0.6 is 38.5 Å². The van der Waals surface area contributed by atoms with Crippen LogP contribution in [-0.2, 0) is 6.42 Å². The smallest absolute Gasteiger partial charge is 0.0588 e. The van der Waals surface area contributed by atoms with Crippen LogP contribution in [-0.4, -0.2) is 6.54 Å². The van der Waals surface area contributed by atoms with E-state index in [9.17, 15) is 0 Å². The van der Waals surface area contributed by atoms with E-state index in [0.717, 1.165) is 17.4 Å². The third-order valence-corrected chi connectivity index (χ3v) is 4.92. The van der Waals surface area contributed by atoms with E-state index in [1.807, 2.05) is 0 Å². The maximum Gasteiger partial charge on any atom is 0.0588 e. The van der Waals surface area contributed by atoms with E-state index in [1.54, 1.807) is 0 Å². The van der Waals surface area contributed by atoms with Crippen LogP contribution in [0.5, 0.6) is 0 Å². The van der Waals surface area contributed by atoms with Gasteiger partial charge in [0.1, 0.15) is 0 Å². The average molecular weight is 458 g/mol. The van der Waals surface area contributed by atoms with E-state index in [2.05, 4.69) is 100 Å².